The molecule has 0 spiro atoms. The van der Waals surface area contributed by atoms with Gasteiger partial charge in [-0.05, 0) is 24.1 Å². The van der Waals surface area contributed by atoms with Crippen molar-refractivity contribution < 1.29 is 38.3 Å². The van der Waals surface area contributed by atoms with Crippen LogP contribution in [0, 0.1) is 0 Å². The highest BCUT2D eigenvalue weighted by atomic mass is 16.6. The number of methoxy groups -OCH3 is 1. The maximum atomic E-state index is 10.4. The van der Waals surface area contributed by atoms with E-state index in [2.05, 4.69) is 5.32 Å². The summed E-state index contributed by atoms with van der Waals surface area (Å²) in [5.41, 5.74) is 1.04. The molecule has 1 aromatic rings. The first-order chi connectivity index (χ1) is 14.2. The van der Waals surface area contributed by atoms with Crippen LogP contribution in [0.5, 0.6) is 5.75 Å². The molecule has 0 aliphatic heterocycles. The van der Waals surface area contributed by atoms with E-state index in [0.717, 1.165) is 11.3 Å². The summed E-state index contributed by atoms with van der Waals surface area (Å²) < 4.78 is 32.0. The summed E-state index contributed by atoms with van der Waals surface area (Å²) in [6.45, 7) is 5.63. The summed E-state index contributed by atoms with van der Waals surface area (Å²) in [7, 11) is 1.64. The zero-order chi connectivity index (χ0) is 21.0. The van der Waals surface area contributed by atoms with E-state index in [0.29, 0.717) is 79.0 Å². The molecule has 29 heavy (non-hydrogen) atoms. The Bertz CT molecular complexity index is 512. The SMILES string of the molecule is COCCOCCOCCOCCOCCOc1ccc(CCNC(=O)O)cc1. The zero-order valence-electron chi connectivity index (χ0n) is 17.1. The van der Waals surface area contributed by atoms with Gasteiger partial charge in [-0.25, -0.2) is 4.79 Å². The van der Waals surface area contributed by atoms with Gasteiger partial charge in [0.1, 0.15) is 12.4 Å². The van der Waals surface area contributed by atoms with Gasteiger partial charge in [0.2, 0.25) is 0 Å². The number of carboxylic acid groups (broad SMARTS) is 1. The van der Waals surface area contributed by atoms with E-state index in [4.69, 9.17) is 33.5 Å². The summed E-state index contributed by atoms with van der Waals surface area (Å²) in [6, 6.07) is 7.56. The highest BCUT2D eigenvalue weighted by Gasteiger charge is 1.98. The van der Waals surface area contributed by atoms with Gasteiger partial charge in [-0.3, -0.25) is 0 Å². The Labute approximate surface area is 172 Å². The van der Waals surface area contributed by atoms with Crippen LogP contribution in [0.4, 0.5) is 4.79 Å². The van der Waals surface area contributed by atoms with Crippen LogP contribution in [0.3, 0.4) is 0 Å². The monoisotopic (exact) mass is 415 g/mol. The van der Waals surface area contributed by atoms with E-state index in [-0.39, 0.29) is 0 Å². The summed E-state index contributed by atoms with van der Waals surface area (Å²) in [4.78, 5) is 10.4. The Balaban J connectivity index is 1.86. The molecule has 9 heteroatoms. The third-order valence-electron chi connectivity index (χ3n) is 3.66. The molecule has 0 saturated carbocycles. The molecular formula is C20H33NO8. The van der Waals surface area contributed by atoms with Crippen LogP contribution in [-0.4, -0.2) is 90.9 Å². The molecule has 0 bridgehead atoms. The normalized spacial score (nSPS) is 10.8. The molecule has 1 rings (SSSR count). The first kappa shape index (κ1) is 25.1. The second kappa shape index (κ2) is 18.1. The van der Waals surface area contributed by atoms with E-state index in [1.165, 1.54) is 0 Å². The van der Waals surface area contributed by atoms with Crippen LogP contribution in [0.2, 0.25) is 0 Å². The van der Waals surface area contributed by atoms with Crippen LogP contribution in [0.1, 0.15) is 5.56 Å². The molecular weight excluding hydrogens is 382 g/mol. The minimum atomic E-state index is -1.01. The third kappa shape index (κ3) is 15.7. The molecule has 2 N–H and O–H groups in total. The smallest absolute Gasteiger partial charge is 0.404 e. The number of amides is 1. The number of hydrogen-bond acceptors (Lipinski definition) is 7. The van der Waals surface area contributed by atoms with Crippen LogP contribution < -0.4 is 10.1 Å². The van der Waals surface area contributed by atoms with Crippen molar-refractivity contribution in [2.45, 2.75) is 6.42 Å². The number of carbonyl (C=O) groups is 1. The van der Waals surface area contributed by atoms with Gasteiger partial charge in [0.15, 0.2) is 0 Å². The Hall–Kier alpha value is -1.91. The average molecular weight is 415 g/mol. The molecule has 0 radical (unpaired) electrons. The molecule has 0 saturated heterocycles. The van der Waals surface area contributed by atoms with Crippen LogP contribution >= 0.6 is 0 Å². The van der Waals surface area contributed by atoms with Crippen molar-refractivity contribution >= 4 is 6.09 Å². The lowest BCUT2D eigenvalue weighted by atomic mass is 10.1. The van der Waals surface area contributed by atoms with Gasteiger partial charge in [0.05, 0.1) is 59.5 Å². The minimum absolute atomic E-state index is 0.390. The summed E-state index contributed by atoms with van der Waals surface area (Å²) >= 11 is 0. The number of ether oxygens (including phenoxy) is 6. The number of nitrogens with one attached hydrogen (secondary N) is 1. The van der Waals surface area contributed by atoms with E-state index in [9.17, 15) is 4.79 Å². The zero-order valence-corrected chi connectivity index (χ0v) is 17.1. The van der Waals surface area contributed by atoms with Gasteiger partial charge < -0.3 is 38.8 Å². The molecule has 1 aromatic carbocycles. The van der Waals surface area contributed by atoms with E-state index in [1.807, 2.05) is 24.3 Å². The van der Waals surface area contributed by atoms with E-state index in [1.54, 1.807) is 7.11 Å². The van der Waals surface area contributed by atoms with Crippen LogP contribution in [0.15, 0.2) is 24.3 Å². The second-order valence-corrected chi connectivity index (χ2v) is 5.92. The van der Waals surface area contributed by atoms with Gasteiger partial charge in [-0.1, -0.05) is 12.1 Å². The predicted octanol–water partition coefficient (Wildman–Crippen LogP) is 1.59. The Morgan fingerprint density at radius 1 is 0.793 bits per heavy atom. The largest absolute Gasteiger partial charge is 0.491 e. The minimum Gasteiger partial charge on any atom is -0.491 e. The third-order valence-corrected chi connectivity index (χ3v) is 3.66. The highest BCUT2D eigenvalue weighted by molar-refractivity contribution is 5.64. The molecule has 0 aliphatic rings. The van der Waals surface area contributed by atoms with Gasteiger partial charge in [-0.2, -0.15) is 0 Å². The maximum Gasteiger partial charge on any atom is 0.404 e. The fourth-order valence-electron chi connectivity index (χ4n) is 2.19. The highest BCUT2D eigenvalue weighted by Crippen LogP contribution is 2.12. The first-order valence-corrected chi connectivity index (χ1v) is 9.71. The topological polar surface area (TPSA) is 105 Å². The molecule has 166 valence electrons. The fraction of sp³-hybridized carbons (Fsp3) is 0.650. The van der Waals surface area contributed by atoms with Crippen molar-refractivity contribution in [2.75, 3.05) is 79.7 Å². The maximum absolute atomic E-state index is 10.4. The van der Waals surface area contributed by atoms with Crippen LogP contribution in [0.25, 0.3) is 0 Å². The van der Waals surface area contributed by atoms with Gasteiger partial charge in [-0.15, -0.1) is 0 Å². The van der Waals surface area contributed by atoms with E-state index >= 15 is 0 Å². The first-order valence-electron chi connectivity index (χ1n) is 9.71. The standard InChI is InChI=1S/C20H33NO8/c1-24-8-9-25-10-11-26-12-13-27-14-15-28-16-17-29-19-4-2-18(3-5-19)6-7-21-20(22)23/h2-5,21H,6-17H2,1H3,(H,22,23). The molecule has 0 fully saturated rings. The molecule has 1 amide bonds. The van der Waals surface area contributed by atoms with Crippen molar-refractivity contribution in [1.29, 1.82) is 0 Å². The van der Waals surface area contributed by atoms with Crippen molar-refractivity contribution in [3.05, 3.63) is 29.8 Å². The molecule has 0 unspecified atom stereocenters. The second-order valence-electron chi connectivity index (χ2n) is 5.92. The van der Waals surface area contributed by atoms with Gasteiger partial charge in [0, 0.05) is 13.7 Å². The van der Waals surface area contributed by atoms with Crippen molar-refractivity contribution in [3.8, 4) is 5.75 Å². The van der Waals surface area contributed by atoms with Crippen molar-refractivity contribution in [3.63, 3.8) is 0 Å². The summed E-state index contributed by atoms with van der Waals surface area (Å²) in [5, 5.41) is 10.9. The Morgan fingerprint density at radius 2 is 1.28 bits per heavy atom. The number of hydrogen-bond donors (Lipinski definition) is 2. The summed E-state index contributed by atoms with van der Waals surface area (Å²) in [6.07, 6.45) is -0.369. The number of benzene rings is 1. The van der Waals surface area contributed by atoms with Crippen molar-refractivity contribution in [2.24, 2.45) is 0 Å². The fourth-order valence-corrected chi connectivity index (χ4v) is 2.19. The predicted molar refractivity (Wildman–Crippen MR) is 107 cm³/mol. The lowest BCUT2D eigenvalue weighted by molar-refractivity contribution is -0.00978. The average Bonchev–Trinajstić information content (AvgIpc) is 2.71. The van der Waals surface area contributed by atoms with Gasteiger partial charge >= 0.3 is 6.09 Å². The lowest BCUT2D eigenvalue weighted by Gasteiger charge is -2.09. The molecule has 0 aromatic heterocycles. The Kier molecular flexibility index (Phi) is 15.7. The summed E-state index contributed by atoms with van der Waals surface area (Å²) in [5.74, 6) is 0.753. The molecule has 9 nitrogen and oxygen atoms in total. The Morgan fingerprint density at radius 3 is 1.76 bits per heavy atom. The lowest BCUT2D eigenvalue weighted by Crippen LogP contribution is -2.23. The van der Waals surface area contributed by atoms with Crippen LogP contribution in [-0.2, 0) is 30.1 Å². The van der Waals surface area contributed by atoms with Crippen molar-refractivity contribution in [1.82, 2.24) is 5.32 Å². The van der Waals surface area contributed by atoms with Gasteiger partial charge in [0.25, 0.3) is 0 Å². The number of rotatable bonds is 19. The molecule has 0 heterocycles. The quantitative estimate of drug-likeness (QED) is 0.328. The molecule has 0 atom stereocenters. The molecule has 0 aliphatic carbocycles. The van der Waals surface area contributed by atoms with E-state index < -0.39 is 6.09 Å².